The van der Waals surface area contributed by atoms with Crippen LogP contribution in [0.1, 0.15) is 16.1 Å². The molecule has 7 heteroatoms. The molecule has 2 N–H and O–H groups in total. The second-order valence-electron chi connectivity index (χ2n) is 3.71. The van der Waals surface area contributed by atoms with Gasteiger partial charge in [-0.3, -0.25) is 15.6 Å². The van der Waals surface area contributed by atoms with Gasteiger partial charge < -0.3 is 4.42 Å². The van der Waals surface area contributed by atoms with Gasteiger partial charge in [-0.05, 0) is 25.1 Å². The van der Waals surface area contributed by atoms with Crippen LogP contribution in [-0.4, -0.2) is 5.91 Å². The summed E-state index contributed by atoms with van der Waals surface area (Å²) >= 11 is 17.7. The Kier molecular flexibility index (Phi) is 4.24. The molecule has 0 atom stereocenters. The molecule has 1 aromatic heterocycles. The van der Waals surface area contributed by atoms with Crippen molar-refractivity contribution in [2.75, 3.05) is 5.43 Å². The highest BCUT2D eigenvalue weighted by atomic mass is 35.5. The van der Waals surface area contributed by atoms with Gasteiger partial charge in [0.05, 0.1) is 27.6 Å². The van der Waals surface area contributed by atoms with Crippen molar-refractivity contribution in [3.8, 4) is 0 Å². The summed E-state index contributed by atoms with van der Waals surface area (Å²) in [5.41, 5.74) is 5.94. The molecule has 0 saturated carbocycles. The topological polar surface area (TPSA) is 54.3 Å². The number of benzene rings is 1. The third kappa shape index (κ3) is 3.15. The molecule has 0 bridgehead atoms. The van der Waals surface area contributed by atoms with Crippen LogP contribution >= 0.6 is 34.8 Å². The molecule has 0 unspecified atom stereocenters. The van der Waals surface area contributed by atoms with Crippen molar-refractivity contribution in [3.63, 3.8) is 0 Å². The van der Waals surface area contributed by atoms with Crippen LogP contribution in [-0.2, 0) is 0 Å². The molecule has 0 aliphatic carbocycles. The van der Waals surface area contributed by atoms with Crippen molar-refractivity contribution in [1.29, 1.82) is 0 Å². The van der Waals surface area contributed by atoms with Crippen molar-refractivity contribution in [3.05, 3.63) is 50.9 Å². The van der Waals surface area contributed by atoms with Crippen LogP contribution in [0.4, 0.5) is 5.69 Å². The van der Waals surface area contributed by atoms with Crippen LogP contribution < -0.4 is 10.9 Å². The molecule has 0 spiro atoms. The number of hydrazine groups is 1. The molecule has 1 aromatic carbocycles. The molecule has 0 fully saturated rings. The Hall–Kier alpha value is -1.36. The molecule has 0 aliphatic rings. The second kappa shape index (κ2) is 5.74. The second-order valence-corrected chi connectivity index (χ2v) is 4.96. The fraction of sp³-hybridized carbons (Fsp3) is 0.0833. The van der Waals surface area contributed by atoms with E-state index in [-0.39, 0.29) is 5.91 Å². The highest BCUT2D eigenvalue weighted by Crippen LogP contribution is 2.33. The third-order valence-corrected chi connectivity index (χ3v) is 3.23. The summed E-state index contributed by atoms with van der Waals surface area (Å²) in [5.74, 6) is 0.168. The molecule has 1 amide bonds. The molecule has 0 radical (unpaired) electrons. The van der Waals surface area contributed by atoms with E-state index in [1.165, 1.54) is 18.4 Å². The number of hydrogen-bond donors (Lipinski definition) is 2. The molecule has 2 aromatic rings. The molecule has 19 heavy (non-hydrogen) atoms. The smallest absolute Gasteiger partial charge is 0.273 e. The van der Waals surface area contributed by atoms with Gasteiger partial charge >= 0.3 is 0 Å². The molecule has 0 aliphatic heterocycles. The lowest BCUT2D eigenvalue weighted by molar-refractivity contribution is 0.0961. The van der Waals surface area contributed by atoms with Crippen molar-refractivity contribution in [2.45, 2.75) is 6.92 Å². The maximum Gasteiger partial charge on any atom is 0.273 e. The predicted octanol–water partition coefficient (Wildman–Crippen LogP) is 4.31. The van der Waals surface area contributed by atoms with Gasteiger partial charge in [0.25, 0.3) is 5.91 Å². The first-order chi connectivity index (χ1) is 8.99. The van der Waals surface area contributed by atoms with E-state index in [4.69, 9.17) is 39.2 Å². The van der Waals surface area contributed by atoms with E-state index in [2.05, 4.69) is 10.9 Å². The van der Waals surface area contributed by atoms with E-state index in [1.807, 2.05) is 0 Å². The van der Waals surface area contributed by atoms with Gasteiger partial charge in [-0.1, -0.05) is 34.8 Å². The van der Waals surface area contributed by atoms with Crippen LogP contribution in [0.5, 0.6) is 0 Å². The van der Waals surface area contributed by atoms with Crippen LogP contribution in [0.25, 0.3) is 0 Å². The first-order valence-corrected chi connectivity index (χ1v) is 6.37. The standard InChI is InChI=1S/C12H9Cl3N2O2/c1-6-8(2-3-19-6)12(18)17-16-11-9(14)4-7(13)5-10(11)15/h2-5,16H,1H3,(H,17,18). The van der Waals surface area contributed by atoms with Crippen molar-refractivity contribution in [2.24, 2.45) is 0 Å². The number of nitrogens with one attached hydrogen (secondary N) is 2. The fourth-order valence-corrected chi connectivity index (χ4v) is 2.38. The number of carbonyl (C=O) groups is 1. The van der Waals surface area contributed by atoms with Crippen LogP contribution in [0.3, 0.4) is 0 Å². The normalized spacial score (nSPS) is 10.3. The van der Waals surface area contributed by atoms with Gasteiger partial charge in [-0.15, -0.1) is 0 Å². The Morgan fingerprint density at radius 2 is 1.84 bits per heavy atom. The molecule has 2 rings (SSSR count). The maximum atomic E-state index is 11.8. The zero-order valence-electron chi connectivity index (χ0n) is 9.76. The van der Waals surface area contributed by atoms with Gasteiger partial charge in [-0.2, -0.15) is 0 Å². The largest absolute Gasteiger partial charge is 0.469 e. The molecular weight excluding hydrogens is 311 g/mol. The SMILES string of the molecule is Cc1occc1C(=O)NNc1c(Cl)cc(Cl)cc1Cl. The number of amides is 1. The Morgan fingerprint density at radius 3 is 2.37 bits per heavy atom. The van der Waals surface area contributed by atoms with Crippen LogP contribution in [0.2, 0.25) is 15.1 Å². The summed E-state index contributed by atoms with van der Waals surface area (Å²) in [6.07, 6.45) is 1.44. The van der Waals surface area contributed by atoms with Crippen LogP contribution in [0.15, 0.2) is 28.9 Å². The first kappa shape index (κ1) is 14.1. The predicted molar refractivity (Wildman–Crippen MR) is 76.0 cm³/mol. The quantitative estimate of drug-likeness (QED) is 0.829. The van der Waals surface area contributed by atoms with Crippen molar-refractivity contribution in [1.82, 2.24) is 5.43 Å². The first-order valence-electron chi connectivity index (χ1n) is 5.24. The van der Waals surface area contributed by atoms with E-state index in [0.717, 1.165) is 0 Å². The maximum absolute atomic E-state index is 11.8. The van der Waals surface area contributed by atoms with Gasteiger partial charge in [0.2, 0.25) is 0 Å². The van der Waals surface area contributed by atoms with Gasteiger partial charge in [0.15, 0.2) is 0 Å². The number of anilines is 1. The molecule has 100 valence electrons. The zero-order valence-corrected chi connectivity index (χ0v) is 12.0. The summed E-state index contributed by atoms with van der Waals surface area (Å²) < 4.78 is 5.04. The monoisotopic (exact) mass is 318 g/mol. The van der Waals surface area contributed by atoms with E-state index in [1.54, 1.807) is 13.0 Å². The average molecular weight is 320 g/mol. The van der Waals surface area contributed by atoms with Gasteiger partial charge in [0.1, 0.15) is 5.76 Å². The number of carbonyl (C=O) groups excluding carboxylic acids is 1. The fourth-order valence-electron chi connectivity index (χ4n) is 1.47. The number of halogens is 3. The minimum Gasteiger partial charge on any atom is -0.469 e. The highest BCUT2D eigenvalue weighted by Gasteiger charge is 2.13. The highest BCUT2D eigenvalue weighted by molar-refractivity contribution is 6.41. The Morgan fingerprint density at radius 1 is 1.21 bits per heavy atom. The Bertz CT molecular complexity index is 602. The van der Waals surface area contributed by atoms with E-state index in [9.17, 15) is 4.79 Å². The Balaban J connectivity index is 2.12. The summed E-state index contributed by atoms with van der Waals surface area (Å²) in [4.78, 5) is 11.8. The minimum absolute atomic E-state index is 0.307. The summed E-state index contributed by atoms with van der Waals surface area (Å²) in [6, 6.07) is 4.61. The van der Waals surface area contributed by atoms with E-state index < -0.39 is 0 Å². The molecule has 0 saturated heterocycles. The average Bonchev–Trinajstić information content (AvgIpc) is 2.73. The lowest BCUT2D eigenvalue weighted by Gasteiger charge is -2.11. The summed E-state index contributed by atoms with van der Waals surface area (Å²) in [6.45, 7) is 1.69. The van der Waals surface area contributed by atoms with Crippen LogP contribution in [0, 0.1) is 6.92 Å². The number of rotatable bonds is 3. The van der Waals surface area contributed by atoms with E-state index in [0.29, 0.717) is 32.1 Å². The Labute approximate surface area is 124 Å². The third-order valence-electron chi connectivity index (χ3n) is 2.41. The minimum atomic E-state index is -0.353. The van der Waals surface area contributed by atoms with E-state index >= 15 is 0 Å². The lowest BCUT2D eigenvalue weighted by Crippen LogP contribution is -2.29. The lowest BCUT2D eigenvalue weighted by atomic mass is 10.2. The summed E-state index contributed by atoms with van der Waals surface area (Å²) in [7, 11) is 0. The van der Waals surface area contributed by atoms with Crippen molar-refractivity contribution < 1.29 is 9.21 Å². The van der Waals surface area contributed by atoms with Crippen molar-refractivity contribution >= 4 is 46.4 Å². The molecular formula is C12H9Cl3N2O2. The van der Waals surface area contributed by atoms with Gasteiger partial charge in [-0.25, -0.2) is 0 Å². The van der Waals surface area contributed by atoms with Gasteiger partial charge in [0, 0.05) is 5.02 Å². The number of aryl methyl sites for hydroxylation is 1. The summed E-state index contributed by atoms with van der Waals surface area (Å²) in [5, 5.41) is 1.03. The zero-order chi connectivity index (χ0) is 14.0. The molecule has 4 nitrogen and oxygen atoms in total. The molecule has 1 heterocycles. The number of furan rings is 1. The number of hydrogen-bond acceptors (Lipinski definition) is 3.